The van der Waals surface area contributed by atoms with Crippen molar-refractivity contribution in [3.8, 4) is 0 Å². The third kappa shape index (κ3) is 3.68. The van der Waals surface area contributed by atoms with Crippen LogP contribution in [0.4, 0.5) is 5.82 Å². The van der Waals surface area contributed by atoms with Gasteiger partial charge >= 0.3 is 5.97 Å². The molecule has 2 heterocycles. The maximum absolute atomic E-state index is 12.9. The summed E-state index contributed by atoms with van der Waals surface area (Å²) in [5.74, 6) is 0.0662. The van der Waals surface area contributed by atoms with E-state index < -0.39 is 11.9 Å². The van der Waals surface area contributed by atoms with Crippen LogP contribution in [0.3, 0.4) is 0 Å². The van der Waals surface area contributed by atoms with Gasteiger partial charge in [0.05, 0.1) is 24.2 Å². The van der Waals surface area contributed by atoms with Crippen LogP contribution in [0.1, 0.15) is 29.5 Å². The molecule has 0 radical (unpaired) electrons. The molecule has 1 aliphatic heterocycles. The Kier molecular flexibility index (Phi) is 5.51. The first-order valence-electron chi connectivity index (χ1n) is 8.46. The number of allylic oxidation sites excluding steroid dienone is 1. The summed E-state index contributed by atoms with van der Waals surface area (Å²) in [4.78, 5) is 32.7. The molecule has 27 heavy (non-hydrogen) atoms. The van der Waals surface area contributed by atoms with Crippen LogP contribution in [-0.2, 0) is 9.53 Å². The number of thioether (sulfide) groups is 1. The fraction of sp³-hybridized carbons (Fsp3) is 0.250. The number of carbonyl (C=O) groups is 1. The van der Waals surface area contributed by atoms with Crippen molar-refractivity contribution in [3.05, 3.63) is 75.2 Å². The van der Waals surface area contributed by atoms with Crippen LogP contribution in [0.2, 0.25) is 0 Å². The minimum absolute atomic E-state index is 0.279. The molecule has 3 rings (SSSR count). The first-order chi connectivity index (χ1) is 13.0. The molecule has 140 valence electrons. The number of H-pyrrole nitrogens is 1. The fourth-order valence-corrected chi connectivity index (χ4v) is 3.71. The number of ether oxygens (including phenoxy) is 1. The number of benzene rings is 1. The normalized spacial score (nSPS) is 15.7. The van der Waals surface area contributed by atoms with Crippen LogP contribution >= 0.6 is 11.8 Å². The molecule has 1 aromatic carbocycles. The molecule has 0 aliphatic carbocycles. The number of nitrogens with one attached hydrogen (secondary N) is 2. The van der Waals surface area contributed by atoms with Crippen molar-refractivity contribution in [3.63, 3.8) is 0 Å². The van der Waals surface area contributed by atoms with Crippen LogP contribution in [-0.4, -0.2) is 28.8 Å². The second kappa shape index (κ2) is 7.84. The van der Waals surface area contributed by atoms with E-state index in [0.29, 0.717) is 33.6 Å². The van der Waals surface area contributed by atoms with Crippen LogP contribution in [0.25, 0.3) is 0 Å². The van der Waals surface area contributed by atoms with E-state index in [1.54, 1.807) is 13.0 Å². The molecule has 0 bridgehead atoms. The zero-order chi connectivity index (χ0) is 19.6. The lowest BCUT2D eigenvalue weighted by Crippen LogP contribution is -2.31. The molecule has 1 aromatic heterocycles. The number of methoxy groups -OCH3 is 1. The highest BCUT2D eigenvalue weighted by Gasteiger charge is 2.36. The monoisotopic (exact) mass is 383 g/mol. The van der Waals surface area contributed by atoms with E-state index >= 15 is 0 Å². The fourth-order valence-electron chi connectivity index (χ4n) is 3.11. The van der Waals surface area contributed by atoms with Crippen LogP contribution in [0.15, 0.2) is 58.1 Å². The number of aryl methyl sites for hydroxylation is 1. The maximum Gasteiger partial charge on any atom is 0.336 e. The molecule has 6 nitrogen and oxygen atoms in total. The van der Waals surface area contributed by atoms with Gasteiger partial charge in [0.25, 0.3) is 5.56 Å². The smallest absolute Gasteiger partial charge is 0.336 e. The van der Waals surface area contributed by atoms with Crippen LogP contribution in [0, 0.1) is 6.92 Å². The summed E-state index contributed by atoms with van der Waals surface area (Å²) in [6.45, 7) is 7.45. The predicted molar refractivity (Wildman–Crippen MR) is 107 cm³/mol. The van der Waals surface area contributed by atoms with Crippen molar-refractivity contribution in [2.24, 2.45) is 0 Å². The average Bonchev–Trinajstić information content (AvgIpc) is 2.65. The highest BCUT2D eigenvalue weighted by atomic mass is 32.2. The molecule has 0 spiro atoms. The van der Waals surface area contributed by atoms with Crippen molar-refractivity contribution in [1.82, 2.24) is 9.97 Å². The van der Waals surface area contributed by atoms with E-state index in [2.05, 4.69) is 21.9 Å². The van der Waals surface area contributed by atoms with Crippen molar-refractivity contribution in [1.29, 1.82) is 0 Å². The quantitative estimate of drug-likeness (QED) is 0.356. The number of rotatable bonds is 5. The molecular formula is C20H21N3O3S. The average molecular weight is 383 g/mol. The first-order valence-corrected chi connectivity index (χ1v) is 9.45. The highest BCUT2D eigenvalue weighted by molar-refractivity contribution is 7.99. The Bertz CT molecular complexity index is 977. The summed E-state index contributed by atoms with van der Waals surface area (Å²) in [6, 6.07) is 7.75. The predicted octanol–water partition coefficient (Wildman–Crippen LogP) is 3.36. The number of aromatic amines is 1. The maximum atomic E-state index is 12.9. The minimum Gasteiger partial charge on any atom is -0.466 e. The van der Waals surface area contributed by atoms with E-state index in [1.165, 1.54) is 18.9 Å². The van der Waals surface area contributed by atoms with Gasteiger partial charge in [-0.1, -0.05) is 47.7 Å². The molecule has 0 fully saturated rings. The molecule has 0 unspecified atom stereocenters. The van der Waals surface area contributed by atoms with E-state index in [4.69, 9.17) is 4.74 Å². The molecule has 1 atom stereocenters. The third-order valence-corrected chi connectivity index (χ3v) is 5.24. The van der Waals surface area contributed by atoms with E-state index in [0.717, 1.165) is 11.1 Å². The summed E-state index contributed by atoms with van der Waals surface area (Å²) < 4.78 is 4.98. The van der Waals surface area contributed by atoms with Crippen molar-refractivity contribution in [2.45, 2.75) is 24.9 Å². The standard InChI is InChI=1S/C20H21N3O3S/c1-5-10-27-20-22-17-16(18(24)23-20)15(13-8-6-11(2)7-9-13)14(12(3)21-17)19(25)26-4/h5-9,15H,1,10H2,2-4H3,(H2,21,22,23,24)/t15-/m1/s1. The molecule has 0 saturated heterocycles. The van der Waals surface area contributed by atoms with Gasteiger partial charge in [0, 0.05) is 11.4 Å². The second-order valence-corrected chi connectivity index (χ2v) is 7.24. The van der Waals surface area contributed by atoms with Crippen LogP contribution < -0.4 is 10.9 Å². The molecular weight excluding hydrogens is 362 g/mol. The number of hydrogen-bond donors (Lipinski definition) is 2. The summed E-state index contributed by atoms with van der Waals surface area (Å²) in [5, 5.41) is 3.61. The lowest BCUT2D eigenvalue weighted by Gasteiger charge is -2.28. The Hall–Kier alpha value is -2.80. The summed E-state index contributed by atoms with van der Waals surface area (Å²) in [6.07, 6.45) is 1.74. The number of hydrogen-bond acceptors (Lipinski definition) is 6. The third-order valence-electron chi connectivity index (χ3n) is 4.37. The first kappa shape index (κ1) is 19.0. The topological polar surface area (TPSA) is 84.1 Å². The number of anilines is 1. The molecule has 0 amide bonds. The van der Waals surface area contributed by atoms with Gasteiger partial charge in [-0.05, 0) is 19.4 Å². The largest absolute Gasteiger partial charge is 0.466 e. The molecule has 1 aliphatic rings. The van der Waals surface area contributed by atoms with Crippen LogP contribution in [0.5, 0.6) is 0 Å². The van der Waals surface area contributed by atoms with Gasteiger partial charge in [-0.15, -0.1) is 6.58 Å². The molecule has 2 N–H and O–H groups in total. The van der Waals surface area contributed by atoms with Crippen molar-refractivity contribution >= 4 is 23.5 Å². The zero-order valence-corrected chi connectivity index (χ0v) is 16.3. The number of fused-ring (bicyclic) bond motifs is 1. The lowest BCUT2D eigenvalue weighted by molar-refractivity contribution is -0.136. The summed E-state index contributed by atoms with van der Waals surface area (Å²) in [5.41, 5.74) is 3.09. The molecule has 2 aromatic rings. The highest BCUT2D eigenvalue weighted by Crippen LogP contribution is 2.40. The van der Waals surface area contributed by atoms with Gasteiger partial charge in [0.15, 0.2) is 5.16 Å². The van der Waals surface area contributed by atoms with E-state index in [9.17, 15) is 9.59 Å². The Morgan fingerprint density at radius 2 is 2.04 bits per heavy atom. The summed E-state index contributed by atoms with van der Waals surface area (Å²) in [7, 11) is 1.34. The number of esters is 1. The van der Waals surface area contributed by atoms with Gasteiger partial charge in [0.1, 0.15) is 5.82 Å². The summed E-state index contributed by atoms with van der Waals surface area (Å²) >= 11 is 1.39. The van der Waals surface area contributed by atoms with Crippen molar-refractivity contribution in [2.75, 3.05) is 18.2 Å². The molecule has 0 saturated carbocycles. The number of aromatic nitrogens is 2. The zero-order valence-electron chi connectivity index (χ0n) is 15.5. The lowest BCUT2D eigenvalue weighted by atomic mass is 9.82. The van der Waals surface area contributed by atoms with Crippen molar-refractivity contribution < 1.29 is 9.53 Å². The SMILES string of the molecule is C=CCSc1nc2c(c(=O)[nH]1)[C@H](c1ccc(C)cc1)C(C(=O)OC)=C(C)N2. The Labute approximate surface area is 161 Å². The van der Waals surface area contributed by atoms with E-state index in [-0.39, 0.29) is 5.56 Å². The van der Waals surface area contributed by atoms with Gasteiger partial charge in [-0.3, -0.25) is 4.79 Å². The van der Waals surface area contributed by atoms with Gasteiger partial charge < -0.3 is 15.0 Å². The Morgan fingerprint density at radius 1 is 1.33 bits per heavy atom. The van der Waals surface area contributed by atoms with Gasteiger partial charge in [-0.25, -0.2) is 9.78 Å². The second-order valence-electron chi connectivity index (χ2n) is 6.23. The number of carbonyl (C=O) groups excluding carboxylic acids is 1. The Morgan fingerprint density at radius 3 is 2.67 bits per heavy atom. The van der Waals surface area contributed by atoms with Gasteiger partial charge in [0.2, 0.25) is 0 Å². The van der Waals surface area contributed by atoms with E-state index in [1.807, 2.05) is 31.2 Å². The minimum atomic E-state index is -0.552. The Balaban J connectivity index is 2.21. The number of nitrogens with zero attached hydrogens (tertiary/aromatic N) is 1. The molecule has 7 heteroatoms. The van der Waals surface area contributed by atoms with Gasteiger partial charge in [-0.2, -0.15) is 0 Å².